The van der Waals surface area contributed by atoms with Gasteiger partial charge >= 0.3 is 0 Å². The van der Waals surface area contributed by atoms with Gasteiger partial charge < -0.3 is 0 Å². The van der Waals surface area contributed by atoms with Crippen molar-refractivity contribution >= 4 is 45.1 Å². The van der Waals surface area contributed by atoms with E-state index in [4.69, 9.17) is 0 Å². The Balaban J connectivity index is 1.47. The van der Waals surface area contributed by atoms with E-state index in [0.29, 0.717) is 15.4 Å². The lowest BCUT2D eigenvalue weighted by molar-refractivity contribution is -0.119. The number of hydrazine groups is 1. The average Bonchev–Trinajstić information content (AvgIpc) is 3.17. The van der Waals surface area contributed by atoms with Gasteiger partial charge in [-0.1, -0.05) is 17.8 Å². The number of benzene rings is 1. The number of fused-ring (bicyclic) bond motifs is 3. The summed E-state index contributed by atoms with van der Waals surface area (Å²) in [5.74, 6) is -1.53. The number of amides is 2. The summed E-state index contributed by atoms with van der Waals surface area (Å²) in [4.78, 5) is 44.1. The molecule has 2 amide bonds. The van der Waals surface area contributed by atoms with E-state index < -0.39 is 17.6 Å². The average molecular weight is 473 g/mol. The second-order valence-electron chi connectivity index (χ2n) is 7.29. The van der Waals surface area contributed by atoms with E-state index in [9.17, 15) is 18.8 Å². The maximum atomic E-state index is 13.2. The number of thioether (sulfide) groups is 1. The third-order valence-corrected chi connectivity index (χ3v) is 7.27. The lowest BCUT2D eigenvalue weighted by Crippen LogP contribution is -2.42. The fourth-order valence-electron chi connectivity index (χ4n) is 3.59. The standard InChI is InChI=1S/C22H21FN4O3S2/c1-2-11-27-21(30)18-15-5-3-4-6-16(15)32-20(18)24-22(27)31-12-17(28)25-26-19(29)13-7-9-14(23)10-8-13/h2,7-10H,1,3-6,11-12H2,(H,25,28)(H,26,29). The number of rotatable bonds is 6. The number of carbonyl (C=O) groups excluding carboxylic acids is 2. The normalized spacial score (nSPS) is 12.9. The predicted molar refractivity (Wildman–Crippen MR) is 123 cm³/mol. The Morgan fingerprint density at radius 2 is 1.97 bits per heavy atom. The number of allylic oxidation sites excluding steroid dienone is 1. The van der Waals surface area contributed by atoms with Crippen LogP contribution in [-0.2, 0) is 24.2 Å². The maximum Gasteiger partial charge on any atom is 0.269 e. The number of aryl methyl sites for hydroxylation is 2. The Morgan fingerprint density at radius 3 is 2.72 bits per heavy atom. The SMILES string of the molecule is C=CCn1c(SCC(=O)NNC(=O)c2ccc(F)cc2)nc2sc3c(c2c1=O)CCCC3. The van der Waals surface area contributed by atoms with Crippen LogP contribution in [-0.4, -0.2) is 27.1 Å². The number of aromatic nitrogens is 2. The summed E-state index contributed by atoms with van der Waals surface area (Å²) in [6.07, 6.45) is 5.67. The first-order chi connectivity index (χ1) is 15.5. The summed E-state index contributed by atoms with van der Waals surface area (Å²) in [6, 6.07) is 4.96. The highest BCUT2D eigenvalue weighted by molar-refractivity contribution is 7.99. The number of hydrogen-bond acceptors (Lipinski definition) is 6. The van der Waals surface area contributed by atoms with Crippen molar-refractivity contribution in [2.45, 2.75) is 37.4 Å². The third kappa shape index (κ3) is 4.61. The van der Waals surface area contributed by atoms with E-state index in [1.165, 1.54) is 21.6 Å². The molecule has 32 heavy (non-hydrogen) atoms. The molecule has 0 spiro atoms. The third-order valence-electron chi connectivity index (χ3n) is 5.11. The van der Waals surface area contributed by atoms with Gasteiger partial charge in [-0.25, -0.2) is 9.37 Å². The zero-order valence-corrected chi connectivity index (χ0v) is 18.8. The molecule has 0 bridgehead atoms. The number of hydrogen-bond donors (Lipinski definition) is 2. The summed E-state index contributed by atoms with van der Waals surface area (Å²) in [7, 11) is 0. The Kier molecular flexibility index (Phi) is 6.71. The molecule has 10 heteroatoms. The Morgan fingerprint density at radius 1 is 1.22 bits per heavy atom. The van der Waals surface area contributed by atoms with E-state index in [1.54, 1.807) is 17.4 Å². The molecule has 0 saturated carbocycles. The molecule has 0 radical (unpaired) electrons. The van der Waals surface area contributed by atoms with E-state index in [0.717, 1.165) is 55.1 Å². The van der Waals surface area contributed by atoms with Gasteiger partial charge in [0.25, 0.3) is 11.5 Å². The molecule has 1 aliphatic carbocycles. The van der Waals surface area contributed by atoms with Crippen LogP contribution in [0.3, 0.4) is 0 Å². The highest BCUT2D eigenvalue weighted by Crippen LogP contribution is 2.34. The molecular formula is C22H21FN4O3S2. The van der Waals surface area contributed by atoms with Gasteiger partial charge in [0.1, 0.15) is 10.6 Å². The van der Waals surface area contributed by atoms with E-state index >= 15 is 0 Å². The first-order valence-electron chi connectivity index (χ1n) is 10.1. The van der Waals surface area contributed by atoms with Crippen molar-refractivity contribution < 1.29 is 14.0 Å². The molecule has 0 fully saturated rings. The highest BCUT2D eigenvalue weighted by Gasteiger charge is 2.22. The van der Waals surface area contributed by atoms with Crippen molar-refractivity contribution in [3.8, 4) is 0 Å². The molecule has 2 heterocycles. The van der Waals surface area contributed by atoms with Crippen molar-refractivity contribution in [3.05, 3.63) is 69.1 Å². The molecule has 0 unspecified atom stereocenters. The summed E-state index contributed by atoms with van der Waals surface area (Å²) in [5, 5.41) is 1.12. The number of thiophene rings is 1. The van der Waals surface area contributed by atoms with Gasteiger partial charge in [-0.3, -0.25) is 29.8 Å². The van der Waals surface area contributed by atoms with E-state index in [1.807, 2.05) is 0 Å². The van der Waals surface area contributed by atoms with Crippen LogP contribution in [0.15, 0.2) is 46.9 Å². The predicted octanol–water partition coefficient (Wildman–Crippen LogP) is 3.22. The smallest absolute Gasteiger partial charge is 0.269 e. The van der Waals surface area contributed by atoms with Crippen molar-refractivity contribution in [2.24, 2.45) is 0 Å². The van der Waals surface area contributed by atoms with Crippen LogP contribution < -0.4 is 16.4 Å². The highest BCUT2D eigenvalue weighted by atomic mass is 32.2. The molecule has 7 nitrogen and oxygen atoms in total. The lowest BCUT2D eigenvalue weighted by atomic mass is 9.97. The van der Waals surface area contributed by atoms with Crippen LogP contribution in [0.1, 0.15) is 33.6 Å². The Bertz CT molecular complexity index is 1250. The number of carbonyl (C=O) groups is 2. The number of nitrogens with zero attached hydrogens (tertiary/aromatic N) is 2. The molecule has 166 valence electrons. The fraction of sp³-hybridized carbons (Fsp3) is 0.273. The summed E-state index contributed by atoms with van der Waals surface area (Å²) in [6.45, 7) is 4.02. The van der Waals surface area contributed by atoms with Crippen LogP contribution in [0, 0.1) is 5.82 Å². The zero-order chi connectivity index (χ0) is 22.7. The minimum Gasteiger partial charge on any atom is -0.283 e. The molecule has 0 atom stereocenters. The molecule has 0 aliphatic heterocycles. The van der Waals surface area contributed by atoms with E-state index in [2.05, 4.69) is 22.4 Å². The van der Waals surface area contributed by atoms with Crippen LogP contribution in [0.5, 0.6) is 0 Å². The van der Waals surface area contributed by atoms with Crippen molar-refractivity contribution in [2.75, 3.05) is 5.75 Å². The summed E-state index contributed by atoms with van der Waals surface area (Å²) >= 11 is 2.67. The lowest BCUT2D eigenvalue weighted by Gasteiger charge is -2.12. The van der Waals surface area contributed by atoms with Crippen molar-refractivity contribution in [3.63, 3.8) is 0 Å². The van der Waals surface area contributed by atoms with Crippen LogP contribution in [0.4, 0.5) is 4.39 Å². The Hall–Kier alpha value is -2.98. The van der Waals surface area contributed by atoms with Crippen LogP contribution in [0.2, 0.25) is 0 Å². The van der Waals surface area contributed by atoms with Crippen molar-refractivity contribution in [1.29, 1.82) is 0 Å². The van der Waals surface area contributed by atoms with Gasteiger partial charge in [-0.05, 0) is 55.5 Å². The second kappa shape index (κ2) is 9.66. The van der Waals surface area contributed by atoms with Gasteiger partial charge in [0.05, 0.1) is 11.1 Å². The summed E-state index contributed by atoms with van der Waals surface area (Å²) in [5.41, 5.74) is 5.84. The number of nitrogens with one attached hydrogen (secondary N) is 2. The zero-order valence-electron chi connectivity index (χ0n) is 17.2. The van der Waals surface area contributed by atoms with Gasteiger partial charge in [0, 0.05) is 17.0 Å². The monoisotopic (exact) mass is 472 g/mol. The topological polar surface area (TPSA) is 93.1 Å². The minimum absolute atomic E-state index is 0.0517. The van der Waals surface area contributed by atoms with Gasteiger partial charge in [0.15, 0.2) is 5.16 Å². The first kappa shape index (κ1) is 22.2. The van der Waals surface area contributed by atoms with E-state index in [-0.39, 0.29) is 23.4 Å². The fourth-order valence-corrected chi connectivity index (χ4v) is 5.70. The minimum atomic E-state index is -0.560. The van der Waals surface area contributed by atoms with Crippen molar-refractivity contribution in [1.82, 2.24) is 20.4 Å². The van der Waals surface area contributed by atoms with Gasteiger partial charge in [0.2, 0.25) is 5.91 Å². The first-order valence-corrected chi connectivity index (χ1v) is 11.9. The molecular weight excluding hydrogens is 451 g/mol. The quantitative estimate of drug-likeness (QED) is 0.249. The Labute approximate surface area is 191 Å². The molecule has 3 aromatic rings. The molecule has 2 aromatic heterocycles. The van der Waals surface area contributed by atoms with Gasteiger partial charge in [-0.2, -0.15) is 0 Å². The summed E-state index contributed by atoms with van der Waals surface area (Å²) < 4.78 is 14.5. The van der Waals surface area contributed by atoms with Crippen LogP contribution in [0.25, 0.3) is 10.2 Å². The molecule has 4 rings (SSSR count). The van der Waals surface area contributed by atoms with Gasteiger partial charge in [-0.15, -0.1) is 17.9 Å². The molecule has 1 aromatic carbocycles. The molecule has 0 saturated heterocycles. The molecule has 2 N–H and O–H groups in total. The largest absolute Gasteiger partial charge is 0.283 e. The number of halogens is 1. The van der Waals surface area contributed by atoms with Crippen LogP contribution >= 0.6 is 23.1 Å². The second-order valence-corrected chi connectivity index (χ2v) is 9.31. The molecule has 1 aliphatic rings. The maximum absolute atomic E-state index is 13.2.